The molecule has 1 N–H and O–H groups in total. The minimum Gasteiger partial charge on any atom is -0.493 e. The van der Waals surface area contributed by atoms with E-state index in [0.717, 1.165) is 42.9 Å². The molecule has 5 nitrogen and oxygen atoms in total. The number of ether oxygens (including phenoxy) is 1. The van der Waals surface area contributed by atoms with Gasteiger partial charge >= 0.3 is 5.97 Å². The van der Waals surface area contributed by atoms with Crippen molar-refractivity contribution in [3.05, 3.63) is 50.8 Å². The molecule has 3 heterocycles. The molecule has 0 saturated heterocycles. The maximum Gasteiger partial charge on any atom is 0.341 e. The molecule has 0 radical (unpaired) electrons. The fourth-order valence-electron chi connectivity index (χ4n) is 6.37. The van der Waals surface area contributed by atoms with Crippen LogP contribution in [0.2, 0.25) is 0 Å². The van der Waals surface area contributed by atoms with E-state index in [2.05, 4.69) is 31.4 Å². The number of pyridine rings is 1. The van der Waals surface area contributed by atoms with Crippen LogP contribution < -0.4 is 10.2 Å². The van der Waals surface area contributed by atoms with Crippen molar-refractivity contribution in [2.75, 3.05) is 6.61 Å². The van der Waals surface area contributed by atoms with Gasteiger partial charge in [0.1, 0.15) is 11.3 Å². The Kier molecular flexibility index (Phi) is 6.07. The highest BCUT2D eigenvalue weighted by atomic mass is 16.5. The first-order valence-electron chi connectivity index (χ1n) is 13.1. The minimum absolute atomic E-state index is 0.0620. The lowest BCUT2D eigenvalue weighted by Crippen LogP contribution is -2.33. The summed E-state index contributed by atoms with van der Waals surface area (Å²) in [6, 6.07) is 3.93. The van der Waals surface area contributed by atoms with E-state index >= 15 is 0 Å². The SMILES string of the molecule is CC(C)(C)[C@@H]1Cc2c(cc(C3CCCCCCC3)c3c2CCCO3)-c2cc(=O)c(C(=O)O)cn21. The third-order valence-electron chi connectivity index (χ3n) is 8.21. The third kappa shape index (κ3) is 4.08. The van der Waals surface area contributed by atoms with Gasteiger partial charge in [0.2, 0.25) is 0 Å². The lowest BCUT2D eigenvalue weighted by Gasteiger charge is -2.41. The molecule has 1 fully saturated rings. The molecule has 1 saturated carbocycles. The molecule has 1 aromatic carbocycles. The Morgan fingerprint density at radius 1 is 1.03 bits per heavy atom. The second kappa shape index (κ2) is 8.90. The number of benzene rings is 1. The Morgan fingerprint density at radius 2 is 1.74 bits per heavy atom. The van der Waals surface area contributed by atoms with Crippen LogP contribution in [0.5, 0.6) is 5.75 Å². The third-order valence-corrected chi connectivity index (χ3v) is 8.21. The molecule has 0 spiro atoms. The second-order valence-corrected chi connectivity index (χ2v) is 11.5. The number of hydrogen-bond donors (Lipinski definition) is 1. The lowest BCUT2D eigenvalue weighted by molar-refractivity contribution is 0.0693. The van der Waals surface area contributed by atoms with Gasteiger partial charge in [-0.3, -0.25) is 4.79 Å². The van der Waals surface area contributed by atoms with Crippen LogP contribution in [-0.2, 0) is 12.8 Å². The van der Waals surface area contributed by atoms with Gasteiger partial charge in [-0.15, -0.1) is 0 Å². The normalized spacial score (nSPS) is 20.9. The van der Waals surface area contributed by atoms with E-state index in [1.165, 1.54) is 61.6 Å². The first-order chi connectivity index (χ1) is 16.3. The first-order valence-corrected chi connectivity index (χ1v) is 13.1. The van der Waals surface area contributed by atoms with E-state index in [0.29, 0.717) is 5.92 Å². The zero-order valence-corrected chi connectivity index (χ0v) is 20.8. The zero-order valence-electron chi connectivity index (χ0n) is 20.8. The number of aromatic nitrogens is 1. The summed E-state index contributed by atoms with van der Waals surface area (Å²) in [6.45, 7) is 7.34. The largest absolute Gasteiger partial charge is 0.493 e. The van der Waals surface area contributed by atoms with Gasteiger partial charge in [-0.2, -0.15) is 0 Å². The van der Waals surface area contributed by atoms with E-state index in [9.17, 15) is 14.7 Å². The first kappa shape index (κ1) is 23.2. The fourth-order valence-corrected chi connectivity index (χ4v) is 6.37. The number of carboxylic acid groups (broad SMARTS) is 1. The van der Waals surface area contributed by atoms with Crippen molar-refractivity contribution in [1.82, 2.24) is 4.57 Å². The molecule has 5 heteroatoms. The minimum atomic E-state index is -1.16. The summed E-state index contributed by atoms with van der Waals surface area (Å²) >= 11 is 0. The van der Waals surface area contributed by atoms with Gasteiger partial charge in [0.05, 0.1) is 12.3 Å². The molecule has 2 aliphatic heterocycles. The van der Waals surface area contributed by atoms with Crippen molar-refractivity contribution in [2.45, 2.75) is 96.9 Å². The maximum absolute atomic E-state index is 12.8. The summed E-state index contributed by atoms with van der Waals surface area (Å²) in [5.74, 6) is 0.435. The van der Waals surface area contributed by atoms with E-state index in [-0.39, 0.29) is 17.0 Å². The van der Waals surface area contributed by atoms with Crippen LogP contribution in [0, 0.1) is 5.41 Å². The standard InChI is InChI=1S/C29H37NO4/c1-29(2,3)26-15-21-19-12-9-13-34-27(19)20(18-10-7-5-4-6-8-11-18)14-22(21)24-16-25(31)23(28(32)33)17-30(24)26/h14,16-18,26H,4-13,15H2,1-3H3,(H,32,33)/t26-/m0/s1. The predicted molar refractivity (Wildman–Crippen MR) is 134 cm³/mol. The van der Waals surface area contributed by atoms with Gasteiger partial charge in [-0.1, -0.05) is 52.9 Å². The number of hydrogen-bond acceptors (Lipinski definition) is 3. The number of aromatic carboxylic acids is 1. The Hall–Kier alpha value is -2.56. The molecule has 0 bridgehead atoms. The van der Waals surface area contributed by atoms with Gasteiger partial charge in [0.25, 0.3) is 0 Å². The van der Waals surface area contributed by atoms with E-state index in [1.54, 1.807) is 12.3 Å². The summed E-state index contributed by atoms with van der Waals surface area (Å²) in [5.41, 5.74) is 5.24. The Bertz CT molecular complexity index is 1160. The summed E-state index contributed by atoms with van der Waals surface area (Å²) < 4.78 is 8.46. The van der Waals surface area contributed by atoms with E-state index in [1.807, 2.05) is 0 Å². The topological polar surface area (TPSA) is 68.5 Å². The van der Waals surface area contributed by atoms with Crippen LogP contribution in [0.15, 0.2) is 23.1 Å². The lowest BCUT2D eigenvalue weighted by atomic mass is 9.74. The Morgan fingerprint density at radius 3 is 2.41 bits per heavy atom. The summed E-state index contributed by atoms with van der Waals surface area (Å²) in [5, 5.41) is 9.64. The molecule has 2 aromatic rings. The molecular weight excluding hydrogens is 426 g/mol. The quantitative estimate of drug-likeness (QED) is 0.551. The van der Waals surface area contributed by atoms with Crippen molar-refractivity contribution in [3.8, 4) is 17.0 Å². The van der Waals surface area contributed by atoms with Crippen LogP contribution in [0.4, 0.5) is 0 Å². The average molecular weight is 464 g/mol. The van der Waals surface area contributed by atoms with Gasteiger partial charge in [0, 0.05) is 23.9 Å². The monoisotopic (exact) mass is 463 g/mol. The summed E-state index contributed by atoms with van der Waals surface area (Å²) in [6.07, 6.45) is 13.2. The number of rotatable bonds is 2. The molecule has 1 aromatic heterocycles. The van der Waals surface area contributed by atoms with Crippen molar-refractivity contribution in [1.29, 1.82) is 0 Å². The molecule has 34 heavy (non-hydrogen) atoms. The molecule has 0 amide bonds. The van der Waals surface area contributed by atoms with Crippen LogP contribution in [0.25, 0.3) is 11.3 Å². The smallest absolute Gasteiger partial charge is 0.341 e. The molecular formula is C29H37NO4. The van der Waals surface area contributed by atoms with Crippen molar-refractivity contribution in [3.63, 3.8) is 0 Å². The summed E-state index contributed by atoms with van der Waals surface area (Å²) in [7, 11) is 0. The molecule has 5 rings (SSSR count). The average Bonchev–Trinajstić information content (AvgIpc) is 2.77. The highest BCUT2D eigenvalue weighted by molar-refractivity contribution is 5.88. The number of nitrogens with zero attached hydrogens (tertiary/aromatic N) is 1. The van der Waals surface area contributed by atoms with Crippen LogP contribution >= 0.6 is 0 Å². The fraction of sp³-hybridized carbons (Fsp3) is 0.586. The maximum atomic E-state index is 12.8. The van der Waals surface area contributed by atoms with E-state index < -0.39 is 11.4 Å². The highest BCUT2D eigenvalue weighted by Gasteiger charge is 2.37. The predicted octanol–water partition coefficient (Wildman–Crippen LogP) is 6.51. The van der Waals surface area contributed by atoms with Crippen molar-refractivity contribution in [2.24, 2.45) is 5.41 Å². The molecule has 182 valence electrons. The Labute approximate surface area is 202 Å². The van der Waals surface area contributed by atoms with Crippen molar-refractivity contribution >= 4 is 5.97 Å². The van der Waals surface area contributed by atoms with Crippen LogP contribution in [0.3, 0.4) is 0 Å². The van der Waals surface area contributed by atoms with Crippen molar-refractivity contribution < 1.29 is 14.6 Å². The number of carboxylic acids is 1. The number of carbonyl (C=O) groups is 1. The van der Waals surface area contributed by atoms with Gasteiger partial charge in [-0.05, 0) is 66.2 Å². The molecule has 0 unspecified atom stereocenters. The van der Waals surface area contributed by atoms with Crippen LogP contribution in [-0.4, -0.2) is 22.2 Å². The molecule has 3 aliphatic rings. The highest BCUT2D eigenvalue weighted by Crippen LogP contribution is 2.49. The molecule has 1 atom stereocenters. The summed E-state index contributed by atoms with van der Waals surface area (Å²) in [4.78, 5) is 24.6. The molecule has 1 aliphatic carbocycles. The van der Waals surface area contributed by atoms with Gasteiger partial charge in [0.15, 0.2) is 5.43 Å². The van der Waals surface area contributed by atoms with Crippen LogP contribution in [0.1, 0.15) is 111 Å². The zero-order chi connectivity index (χ0) is 24.0. The Balaban J connectivity index is 1.74. The van der Waals surface area contributed by atoms with Gasteiger partial charge in [-0.25, -0.2) is 4.79 Å². The van der Waals surface area contributed by atoms with Gasteiger partial charge < -0.3 is 14.4 Å². The second-order valence-electron chi connectivity index (χ2n) is 11.5. The number of fused-ring (bicyclic) bond motifs is 5. The van der Waals surface area contributed by atoms with E-state index in [4.69, 9.17) is 4.74 Å².